The highest BCUT2D eigenvalue weighted by Gasteiger charge is 2.28. The van der Waals surface area contributed by atoms with Crippen molar-refractivity contribution in [1.82, 2.24) is 0 Å². The van der Waals surface area contributed by atoms with Crippen molar-refractivity contribution in [2.75, 3.05) is 23.8 Å². The van der Waals surface area contributed by atoms with Crippen LogP contribution in [0.25, 0.3) is 0 Å². The molecule has 1 heterocycles. The van der Waals surface area contributed by atoms with E-state index in [0.29, 0.717) is 6.54 Å². The molecule has 0 saturated carbocycles. The highest BCUT2D eigenvalue weighted by molar-refractivity contribution is 6.12. The Hall–Kier alpha value is -2.66. The molecule has 0 aromatic heterocycles. The molecule has 22 heavy (non-hydrogen) atoms. The summed E-state index contributed by atoms with van der Waals surface area (Å²) in [6.45, 7) is 0.609. The molecule has 1 aliphatic rings. The van der Waals surface area contributed by atoms with Gasteiger partial charge in [-0.15, -0.1) is 0 Å². The van der Waals surface area contributed by atoms with E-state index in [2.05, 4.69) is 15.6 Å². The molecule has 0 bridgehead atoms. The van der Waals surface area contributed by atoms with Crippen molar-refractivity contribution in [3.63, 3.8) is 0 Å². The number of hydrogen-bond donors (Lipinski definition) is 3. The van der Waals surface area contributed by atoms with Gasteiger partial charge in [-0.3, -0.25) is 9.79 Å². The van der Waals surface area contributed by atoms with Crippen LogP contribution in [-0.4, -0.2) is 30.4 Å². The Morgan fingerprint density at radius 1 is 1.18 bits per heavy atom. The van der Waals surface area contributed by atoms with Crippen molar-refractivity contribution in [2.45, 2.75) is 5.92 Å². The lowest BCUT2D eigenvalue weighted by molar-refractivity contribution is -0.115. The number of nitrogens with zero attached hydrogens (tertiary/aromatic N) is 1. The van der Waals surface area contributed by atoms with E-state index in [-0.39, 0.29) is 18.4 Å². The first kappa shape index (κ1) is 14.3. The highest BCUT2D eigenvalue weighted by atomic mass is 16.3. The quantitative estimate of drug-likeness (QED) is 0.742. The van der Waals surface area contributed by atoms with Crippen molar-refractivity contribution < 1.29 is 9.90 Å². The summed E-state index contributed by atoms with van der Waals surface area (Å²) in [5.74, 6) is -0.394. The van der Waals surface area contributed by atoms with E-state index in [4.69, 9.17) is 5.11 Å². The molecule has 1 aliphatic heterocycles. The van der Waals surface area contributed by atoms with E-state index >= 15 is 0 Å². The molecular weight excluding hydrogens is 278 g/mol. The van der Waals surface area contributed by atoms with Gasteiger partial charge in [0, 0.05) is 24.1 Å². The monoisotopic (exact) mass is 295 g/mol. The minimum atomic E-state index is -0.344. The molecule has 1 unspecified atom stereocenters. The van der Waals surface area contributed by atoms with E-state index < -0.39 is 0 Å². The molecule has 0 radical (unpaired) electrons. The maximum Gasteiger partial charge on any atom is 0.237 e. The fourth-order valence-electron chi connectivity index (χ4n) is 2.41. The Morgan fingerprint density at radius 3 is 2.73 bits per heavy atom. The van der Waals surface area contributed by atoms with Crippen LogP contribution in [0.3, 0.4) is 0 Å². The fraction of sp³-hybridized carbons (Fsp3) is 0.176. The lowest BCUT2D eigenvalue weighted by atomic mass is 10.0. The summed E-state index contributed by atoms with van der Waals surface area (Å²) in [7, 11) is 0. The van der Waals surface area contributed by atoms with Gasteiger partial charge in [-0.05, 0) is 35.9 Å². The van der Waals surface area contributed by atoms with Gasteiger partial charge in [-0.25, -0.2) is 0 Å². The normalized spacial score (nSPS) is 16.6. The minimum absolute atomic E-state index is 0.0498. The van der Waals surface area contributed by atoms with Gasteiger partial charge in [-0.2, -0.15) is 0 Å². The molecule has 5 nitrogen and oxygen atoms in total. The third kappa shape index (κ3) is 2.99. The van der Waals surface area contributed by atoms with Gasteiger partial charge >= 0.3 is 0 Å². The predicted octanol–water partition coefficient (Wildman–Crippen LogP) is 2.53. The minimum Gasteiger partial charge on any atom is -0.395 e. The number of anilines is 2. The van der Waals surface area contributed by atoms with E-state index in [9.17, 15) is 4.79 Å². The Bertz CT molecular complexity index is 695. The molecule has 1 atom stereocenters. The number of aliphatic hydroxyl groups is 1. The van der Waals surface area contributed by atoms with Gasteiger partial charge in [0.1, 0.15) is 5.92 Å². The number of nitrogens with one attached hydrogen (secondary N) is 2. The van der Waals surface area contributed by atoms with Crippen LogP contribution in [0.4, 0.5) is 17.1 Å². The molecule has 2 aromatic rings. The molecule has 3 N–H and O–H groups in total. The molecule has 0 spiro atoms. The molecule has 1 amide bonds. The van der Waals surface area contributed by atoms with Crippen molar-refractivity contribution in [3.8, 4) is 0 Å². The van der Waals surface area contributed by atoms with E-state index in [0.717, 1.165) is 22.6 Å². The third-order valence-corrected chi connectivity index (χ3v) is 3.52. The van der Waals surface area contributed by atoms with Gasteiger partial charge in [0.25, 0.3) is 0 Å². The second kappa shape index (κ2) is 6.41. The van der Waals surface area contributed by atoms with Crippen LogP contribution < -0.4 is 10.6 Å². The molecule has 0 aliphatic carbocycles. The van der Waals surface area contributed by atoms with Crippen LogP contribution in [0, 0.1) is 0 Å². The summed E-state index contributed by atoms with van der Waals surface area (Å²) in [6, 6.07) is 15.2. The molecule has 2 aromatic carbocycles. The largest absolute Gasteiger partial charge is 0.395 e. The first-order chi connectivity index (χ1) is 10.8. The number of amides is 1. The summed E-state index contributed by atoms with van der Waals surface area (Å²) >= 11 is 0. The van der Waals surface area contributed by atoms with Crippen LogP contribution in [-0.2, 0) is 4.79 Å². The molecule has 112 valence electrons. The first-order valence-electron chi connectivity index (χ1n) is 7.17. The number of para-hydroxylation sites is 1. The van der Waals surface area contributed by atoms with Crippen LogP contribution in [0.5, 0.6) is 0 Å². The molecular formula is C17H17N3O2. The average molecular weight is 295 g/mol. The van der Waals surface area contributed by atoms with Crippen molar-refractivity contribution in [3.05, 3.63) is 54.1 Å². The van der Waals surface area contributed by atoms with Crippen molar-refractivity contribution >= 4 is 29.2 Å². The zero-order chi connectivity index (χ0) is 15.4. The Labute approximate surface area is 128 Å². The highest BCUT2D eigenvalue weighted by Crippen LogP contribution is 2.31. The summed E-state index contributed by atoms with van der Waals surface area (Å²) in [4.78, 5) is 16.4. The summed E-state index contributed by atoms with van der Waals surface area (Å²) < 4.78 is 0. The molecule has 0 saturated heterocycles. The topological polar surface area (TPSA) is 73.7 Å². The molecule has 5 heteroatoms. The number of aliphatic imine (C=N–C) groups is 1. The number of carbonyl (C=O) groups excluding carboxylic acids is 1. The van der Waals surface area contributed by atoms with Gasteiger partial charge in [0.15, 0.2) is 0 Å². The second-order valence-electron chi connectivity index (χ2n) is 5.03. The number of hydrogen-bond acceptors (Lipinski definition) is 4. The summed E-state index contributed by atoms with van der Waals surface area (Å²) in [5.41, 5.74) is 3.52. The van der Waals surface area contributed by atoms with Gasteiger partial charge in [0.05, 0.1) is 12.3 Å². The lowest BCUT2D eigenvalue weighted by Gasteiger charge is -2.04. The first-order valence-corrected chi connectivity index (χ1v) is 7.17. The summed E-state index contributed by atoms with van der Waals surface area (Å²) in [5, 5.41) is 14.7. The number of benzene rings is 2. The predicted molar refractivity (Wildman–Crippen MR) is 88.0 cm³/mol. The molecule has 3 rings (SSSR count). The van der Waals surface area contributed by atoms with E-state index in [1.807, 2.05) is 48.5 Å². The smallest absolute Gasteiger partial charge is 0.237 e. The van der Waals surface area contributed by atoms with Crippen LogP contribution in [0.15, 0.2) is 53.5 Å². The zero-order valence-electron chi connectivity index (χ0n) is 12.0. The van der Waals surface area contributed by atoms with Crippen molar-refractivity contribution in [1.29, 1.82) is 0 Å². The van der Waals surface area contributed by atoms with E-state index in [1.165, 1.54) is 0 Å². The Balaban J connectivity index is 1.73. The SMILES string of the molecule is O=C1Nc2ccccc2C1C=Nc1ccc(NCCO)cc1. The van der Waals surface area contributed by atoms with E-state index in [1.54, 1.807) is 6.21 Å². The fourth-order valence-corrected chi connectivity index (χ4v) is 2.41. The standard InChI is InChI=1S/C17H17N3O2/c21-10-9-18-12-5-7-13(8-6-12)19-11-15-14-3-1-2-4-16(14)20-17(15)22/h1-8,11,15,18,21H,9-10H2,(H,20,22). The number of aliphatic hydroxyl groups excluding tert-OH is 1. The average Bonchev–Trinajstić information content (AvgIpc) is 2.87. The summed E-state index contributed by atoms with van der Waals surface area (Å²) in [6.07, 6.45) is 1.68. The van der Waals surface area contributed by atoms with Gasteiger partial charge in [-0.1, -0.05) is 18.2 Å². The zero-order valence-corrected chi connectivity index (χ0v) is 12.0. The number of rotatable bonds is 5. The van der Waals surface area contributed by atoms with Crippen molar-refractivity contribution in [2.24, 2.45) is 4.99 Å². The second-order valence-corrected chi connectivity index (χ2v) is 5.03. The Kier molecular flexibility index (Phi) is 4.16. The number of carbonyl (C=O) groups is 1. The lowest BCUT2D eigenvalue weighted by Crippen LogP contribution is -2.12. The Morgan fingerprint density at radius 2 is 1.95 bits per heavy atom. The van der Waals surface area contributed by atoms with Crippen LogP contribution in [0.1, 0.15) is 11.5 Å². The van der Waals surface area contributed by atoms with Crippen LogP contribution in [0.2, 0.25) is 0 Å². The van der Waals surface area contributed by atoms with Crippen LogP contribution >= 0.6 is 0 Å². The maximum absolute atomic E-state index is 12.0. The maximum atomic E-state index is 12.0. The number of fused-ring (bicyclic) bond motifs is 1. The van der Waals surface area contributed by atoms with Gasteiger partial charge in [0.2, 0.25) is 5.91 Å². The third-order valence-electron chi connectivity index (χ3n) is 3.52. The molecule has 0 fully saturated rings. The van der Waals surface area contributed by atoms with Gasteiger partial charge < -0.3 is 15.7 Å².